The quantitative estimate of drug-likeness (QED) is 0.847. The van der Waals surface area contributed by atoms with Gasteiger partial charge in [-0.05, 0) is 23.3 Å². The number of benzene rings is 2. The van der Waals surface area contributed by atoms with Crippen LogP contribution in [-0.2, 0) is 11.3 Å². The average molecular weight is 329 g/mol. The largest absolute Gasteiger partial charge is 0.497 e. The average Bonchev–Trinajstić information content (AvgIpc) is 3.10. The van der Waals surface area contributed by atoms with E-state index in [-0.39, 0.29) is 11.5 Å². The van der Waals surface area contributed by atoms with Crippen molar-refractivity contribution < 1.29 is 14.3 Å². The summed E-state index contributed by atoms with van der Waals surface area (Å²) in [7, 11) is 1.65. The minimum Gasteiger partial charge on any atom is -0.497 e. The standard InChI is InChI=1S/C18H19NO3S/c1-21-16-9-7-15(8-10-16)17-19(11-12-23-17)18(20)22-13-14-5-3-2-4-6-14/h2-10,17H,11-13H2,1H3. The van der Waals surface area contributed by atoms with Crippen molar-refractivity contribution in [2.75, 3.05) is 19.4 Å². The Balaban J connectivity index is 1.64. The number of ether oxygens (including phenoxy) is 2. The summed E-state index contributed by atoms with van der Waals surface area (Å²) < 4.78 is 10.6. The molecule has 23 heavy (non-hydrogen) atoms. The van der Waals surface area contributed by atoms with Crippen molar-refractivity contribution in [3.63, 3.8) is 0 Å². The SMILES string of the molecule is COc1ccc(C2SCCN2C(=O)OCc2ccccc2)cc1. The van der Waals surface area contributed by atoms with Crippen LogP contribution in [0.15, 0.2) is 54.6 Å². The van der Waals surface area contributed by atoms with Gasteiger partial charge in [-0.1, -0.05) is 42.5 Å². The first-order chi connectivity index (χ1) is 11.3. The van der Waals surface area contributed by atoms with Gasteiger partial charge in [0.1, 0.15) is 17.7 Å². The molecule has 0 radical (unpaired) electrons. The van der Waals surface area contributed by atoms with Crippen LogP contribution in [0.25, 0.3) is 0 Å². The number of methoxy groups -OCH3 is 1. The monoisotopic (exact) mass is 329 g/mol. The maximum absolute atomic E-state index is 12.4. The van der Waals surface area contributed by atoms with E-state index in [0.717, 1.165) is 22.6 Å². The fourth-order valence-corrected chi connectivity index (χ4v) is 3.75. The third-order valence-electron chi connectivity index (χ3n) is 3.73. The highest BCUT2D eigenvalue weighted by Gasteiger charge is 2.31. The van der Waals surface area contributed by atoms with Crippen LogP contribution in [0.4, 0.5) is 4.79 Å². The first-order valence-electron chi connectivity index (χ1n) is 7.51. The lowest BCUT2D eigenvalue weighted by molar-refractivity contribution is 0.0973. The van der Waals surface area contributed by atoms with Crippen molar-refractivity contribution >= 4 is 17.9 Å². The van der Waals surface area contributed by atoms with Crippen molar-refractivity contribution in [2.45, 2.75) is 12.0 Å². The highest BCUT2D eigenvalue weighted by molar-refractivity contribution is 7.99. The summed E-state index contributed by atoms with van der Waals surface area (Å²) in [5.41, 5.74) is 2.08. The van der Waals surface area contributed by atoms with Gasteiger partial charge < -0.3 is 9.47 Å². The first kappa shape index (κ1) is 15.7. The Bertz CT molecular complexity index is 645. The molecule has 0 spiro atoms. The zero-order valence-corrected chi connectivity index (χ0v) is 13.8. The van der Waals surface area contributed by atoms with E-state index in [1.807, 2.05) is 54.6 Å². The van der Waals surface area contributed by atoms with Crippen LogP contribution in [-0.4, -0.2) is 30.4 Å². The Labute approximate surface area is 140 Å². The minimum absolute atomic E-state index is 0.00387. The molecule has 1 aliphatic heterocycles. The number of carbonyl (C=O) groups is 1. The summed E-state index contributed by atoms with van der Waals surface area (Å²) in [6.07, 6.45) is -0.264. The molecule has 0 aromatic heterocycles. The van der Waals surface area contributed by atoms with Gasteiger partial charge in [0.15, 0.2) is 0 Å². The molecule has 1 heterocycles. The summed E-state index contributed by atoms with van der Waals surface area (Å²) in [4.78, 5) is 14.2. The van der Waals surface area contributed by atoms with E-state index in [9.17, 15) is 4.79 Å². The zero-order chi connectivity index (χ0) is 16.1. The Morgan fingerprint density at radius 2 is 1.91 bits per heavy atom. The molecule has 1 atom stereocenters. The number of hydrogen-bond acceptors (Lipinski definition) is 4. The van der Waals surface area contributed by atoms with Gasteiger partial charge >= 0.3 is 6.09 Å². The Morgan fingerprint density at radius 1 is 1.17 bits per heavy atom. The molecule has 0 N–H and O–H groups in total. The predicted octanol–water partition coefficient (Wildman–Crippen LogP) is 4.08. The number of amides is 1. The molecular formula is C18H19NO3S. The van der Waals surface area contributed by atoms with Crippen molar-refractivity contribution in [3.8, 4) is 5.75 Å². The maximum atomic E-state index is 12.4. The fourth-order valence-electron chi connectivity index (χ4n) is 2.50. The van der Waals surface area contributed by atoms with Gasteiger partial charge in [0, 0.05) is 12.3 Å². The Hall–Kier alpha value is -2.14. The smallest absolute Gasteiger partial charge is 0.411 e. The molecule has 0 bridgehead atoms. The van der Waals surface area contributed by atoms with E-state index in [0.29, 0.717) is 13.2 Å². The van der Waals surface area contributed by atoms with Crippen LogP contribution in [0.3, 0.4) is 0 Å². The summed E-state index contributed by atoms with van der Waals surface area (Å²) in [5.74, 6) is 1.73. The normalized spacial score (nSPS) is 17.1. The second-order valence-corrected chi connectivity index (χ2v) is 6.42. The molecule has 5 heteroatoms. The maximum Gasteiger partial charge on any atom is 0.411 e. The molecule has 1 unspecified atom stereocenters. The van der Waals surface area contributed by atoms with Crippen molar-refractivity contribution in [3.05, 3.63) is 65.7 Å². The lowest BCUT2D eigenvalue weighted by Crippen LogP contribution is -2.30. The topological polar surface area (TPSA) is 38.8 Å². The van der Waals surface area contributed by atoms with Gasteiger partial charge in [0.05, 0.1) is 7.11 Å². The molecule has 0 aliphatic carbocycles. The van der Waals surface area contributed by atoms with E-state index < -0.39 is 0 Å². The van der Waals surface area contributed by atoms with Crippen LogP contribution < -0.4 is 4.74 Å². The summed E-state index contributed by atoms with van der Waals surface area (Å²) in [6, 6.07) is 17.6. The molecule has 1 fully saturated rings. The third-order valence-corrected chi connectivity index (χ3v) is 4.99. The molecular weight excluding hydrogens is 310 g/mol. The van der Waals surface area contributed by atoms with Gasteiger partial charge in [-0.25, -0.2) is 4.79 Å². The van der Waals surface area contributed by atoms with Crippen LogP contribution in [0.5, 0.6) is 5.75 Å². The second-order valence-electron chi connectivity index (χ2n) is 5.23. The molecule has 2 aromatic carbocycles. The minimum atomic E-state index is -0.264. The molecule has 1 aliphatic rings. The first-order valence-corrected chi connectivity index (χ1v) is 8.55. The lowest BCUT2D eigenvalue weighted by Gasteiger charge is -2.23. The number of hydrogen-bond donors (Lipinski definition) is 0. The van der Waals surface area contributed by atoms with Crippen LogP contribution in [0, 0.1) is 0 Å². The molecule has 1 amide bonds. The van der Waals surface area contributed by atoms with Crippen LogP contribution in [0.1, 0.15) is 16.5 Å². The van der Waals surface area contributed by atoms with Gasteiger partial charge in [-0.15, -0.1) is 11.8 Å². The molecule has 2 aromatic rings. The summed E-state index contributed by atoms with van der Waals surface area (Å²) >= 11 is 1.75. The highest BCUT2D eigenvalue weighted by Crippen LogP contribution is 2.38. The number of nitrogens with zero attached hydrogens (tertiary/aromatic N) is 1. The van der Waals surface area contributed by atoms with Crippen molar-refractivity contribution in [1.29, 1.82) is 0 Å². The molecule has 4 nitrogen and oxygen atoms in total. The van der Waals surface area contributed by atoms with Gasteiger partial charge in [-0.3, -0.25) is 4.90 Å². The lowest BCUT2D eigenvalue weighted by atomic mass is 10.2. The van der Waals surface area contributed by atoms with Crippen LogP contribution in [0.2, 0.25) is 0 Å². The molecule has 120 valence electrons. The summed E-state index contributed by atoms with van der Waals surface area (Å²) in [5, 5.41) is 0.00387. The third kappa shape index (κ3) is 3.79. The van der Waals surface area contributed by atoms with E-state index >= 15 is 0 Å². The molecule has 3 rings (SSSR count). The van der Waals surface area contributed by atoms with Crippen LogP contribution >= 0.6 is 11.8 Å². The van der Waals surface area contributed by atoms with Crippen molar-refractivity contribution in [1.82, 2.24) is 4.90 Å². The molecule has 0 saturated carbocycles. The Kier molecular flexibility index (Phi) is 5.08. The van der Waals surface area contributed by atoms with E-state index in [4.69, 9.17) is 9.47 Å². The summed E-state index contributed by atoms with van der Waals surface area (Å²) in [6.45, 7) is 1.01. The predicted molar refractivity (Wildman–Crippen MR) is 91.5 cm³/mol. The van der Waals surface area contributed by atoms with Gasteiger partial charge in [0.2, 0.25) is 0 Å². The highest BCUT2D eigenvalue weighted by atomic mass is 32.2. The second kappa shape index (κ2) is 7.42. The number of carbonyl (C=O) groups excluding carboxylic acids is 1. The van der Waals surface area contributed by atoms with E-state index in [1.54, 1.807) is 23.8 Å². The number of thioether (sulfide) groups is 1. The molecule has 1 saturated heterocycles. The van der Waals surface area contributed by atoms with E-state index in [1.165, 1.54) is 0 Å². The van der Waals surface area contributed by atoms with Gasteiger partial charge in [-0.2, -0.15) is 0 Å². The fraction of sp³-hybridized carbons (Fsp3) is 0.278. The zero-order valence-electron chi connectivity index (χ0n) is 13.0. The van der Waals surface area contributed by atoms with Crippen molar-refractivity contribution in [2.24, 2.45) is 0 Å². The number of rotatable bonds is 4. The van der Waals surface area contributed by atoms with Gasteiger partial charge in [0.25, 0.3) is 0 Å². The van der Waals surface area contributed by atoms with E-state index in [2.05, 4.69) is 0 Å². The Morgan fingerprint density at radius 3 is 2.61 bits per heavy atom.